The zero-order chi connectivity index (χ0) is 19.9. The molecule has 144 valence electrons. The maximum atomic E-state index is 12.1. The molecule has 0 fully saturated rings. The number of aromatic nitrogens is 3. The van der Waals surface area contributed by atoms with Crippen molar-refractivity contribution in [2.75, 3.05) is 11.1 Å². The molecular weight excluding hydrogens is 354 g/mol. The van der Waals surface area contributed by atoms with Crippen LogP contribution in [0.2, 0.25) is 0 Å². The van der Waals surface area contributed by atoms with E-state index in [1.807, 2.05) is 55.5 Å². The van der Waals surface area contributed by atoms with Crippen LogP contribution in [0.25, 0.3) is 0 Å². The lowest BCUT2D eigenvalue weighted by molar-refractivity contribution is -0.144. The maximum absolute atomic E-state index is 12.1. The van der Waals surface area contributed by atoms with Crippen molar-refractivity contribution < 1.29 is 9.53 Å². The van der Waals surface area contributed by atoms with E-state index in [2.05, 4.69) is 27.2 Å². The number of hydrogen-bond acceptors (Lipinski definition) is 7. The number of nitrogen functional groups attached to an aromatic ring is 1. The molecule has 3 rings (SSSR count). The SMILES string of the molecule is CCc1ccccc1Nc1nc(N)nc(COC(=O)Cc2ccc(C)cc2)n1. The van der Waals surface area contributed by atoms with Crippen LogP contribution in [0.5, 0.6) is 0 Å². The quantitative estimate of drug-likeness (QED) is 0.609. The number of carbonyl (C=O) groups excluding carboxylic acids is 1. The molecule has 0 amide bonds. The first-order valence-electron chi connectivity index (χ1n) is 9.10. The molecule has 0 radical (unpaired) electrons. The van der Waals surface area contributed by atoms with Crippen LogP contribution in [-0.2, 0) is 29.0 Å². The Balaban J connectivity index is 1.64. The van der Waals surface area contributed by atoms with E-state index in [-0.39, 0.29) is 24.9 Å². The predicted molar refractivity (Wildman–Crippen MR) is 108 cm³/mol. The van der Waals surface area contributed by atoms with Gasteiger partial charge in [0.15, 0.2) is 12.4 Å². The molecule has 0 spiro atoms. The summed E-state index contributed by atoms with van der Waals surface area (Å²) in [6, 6.07) is 15.6. The molecule has 1 aromatic heterocycles. The standard InChI is InChI=1S/C21H23N5O2/c1-3-16-6-4-5-7-17(16)23-21-25-18(24-20(22)26-21)13-28-19(27)12-15-10-8-14(2)9-11-15/h4-11H,3,12-13H2,1-2H3,(H3,22,23,24,25,26). The van der Waals surface area contributed by atoms with Gasteiger partial charge in [-0.05, 0) is 30.5 Å². The molecule has 0 bridgehead atoms. The van der Waals surface area contributed by atoms with Gasteiger partial charge in [-0.15, -0.1) is 0 Å². The minimum Gasteiger partial charge on any atom is -0.457 e. The van der Waals surface area contributed by atoms with E-state index in [0.717, 1.165) is 28.8 Å². The van der Waals surface area contributed by atoms with Crippen LogP contribution in [0.1, 0.15) is 29.4 Å². The monoisotopic (exact) mass is 377 g/mol. The Morgan fingerprint density at radius 2 is 1.82 bits per heavy atom. The minimum absolute atomic E-state index is 0.0658. The summed E-state index contributed by atoms with van der Waals surface area (Å²) in [6.07, 6.45) is 1.06. The van der Waals surface area contributed by atoms with Gasteiger partial charge >= 0.3 is 5.97 Å². The average molecular weight is 377 g/mol. The van der Waals surface area contributed by atoms with Crippen molar-refractivity contribution >= 4 is 23.6 Å². The number of carbonyl (C=O) groups is 1. The van der Waals surface area contributed by atoms with Crippen molar-refractivity contribution in [2.24, 2.45) is 0 Å². The molecule has 0 aliphatic rings. The van der Waals surface area contributed by atoms with Gasteiger partial charge in [-0.1, -0.05) is 55.0 Å². The molecule has 28 heavy (non-hydrogen) atoms. The van der Waals surface area contributed by atoms with Gasteiger partial charge in [0.1, 0.15) is 0 Å². The van der Waals surface area contributed by atoms with Crippen LogP contribution in [0.3, 0.4) is 0 Å². The number of aryl methyl sites for hydroxylation is 2. The number of nitrogens with one attached hydrogen (secondary N) is 1. The predicted octanol–water partition coefficient (Wildman–Crippen LogP) is 3.35. The fourth-order valence-corrected chi connectivity index (χ4v) is 2.70. The number of hydrogen-bond donors (Lipinski definition) is 2. The third-order valence-electron chi connectivity index (χ3n) is 4.18. The Morgan fingerprint density at radius 1 is 1.07 bits per heavy atom. The van der Waals surface area contributed by atoms with Gasteiger partial charge in [0, 0.05) is 5.69 Å². The highest BCUT2D eigenvalue weighted by molar-refractivity contribution is 5.72. The molecule has 0 saturated carbocycles. The van der Waals surface area contributed by atoms with Gasteiger partial charge in [0.2, 0.25) is 11.9 Å². The smallest absolute Gasteiger partial charge is 0.310 e. The first-order valence-corrected chi connectivity index (χ1v) is 9.10. The summed E-state index contributed by atoms with van der Waals surface area (Å²) in [7, 11) is 0. The number of anilines is 3. The molecule has 3 N–H and O–H groups in total. The molecule has 2 aromatic carbocycles. The number of esters is 1. The summed E-state index contributed by atoms with van der Waals surface area (Å²) in [5.41, 5.74) is 9.85. The largest absolute Gasteiger partial charge is 0.457 e. The highest BCUT2D eigenvalue weighted by atomic mass is 16.5. The van der Waals surface area contributed by atoms with E-state index in [1.54, 1.807) is 0 Å². The third-order valence-corrected chi connectivity index (χ3v) is 4.18. The van der Waals surface area contributed by atoms with Crippen LogP contribution >= 0.6 is 0 Å². The maximum Gasteiger partial charge on any atom is 0.310 e. The van der Waals surface area contributed by atoms with Crippen molar-refractivity contribution in [3.8, 4) is 0 Å². The molecule has 0 atom stereocenters. The van der Waals surface area contributed by atoms with E-state index < -0.39 is 0 Å². The lowest BCUT2D eigenvalue weighted by Crippen LogP contribution is -2.12. The zero-order valence-corrected chi connectivity index (χ0v) is 16.0. The lowest BCUT2D eigenvalue weighted by atomic mass is 10.1. The highest BCUT2D eigenvalue weighted by Crippen LogP contribution is 2.19. The van der Waals surface area contributed by atoms with Gasteiger partial charge in [0.05, 0.1) is 6.42 Å². The second kappa shape index (κ2) is 8.94. The number of nitrogens with zero attached hydrogens (tertiary/aromatic N) is 3. The number of benzene rings is 2. The summed E-state index contributed by atoms with van der Waals surface area (Å²) in [4.78, 5) is 24.5. The number of para-hydroxylation sites is 1. The summed E-state index contributed by atoms with van der Waals surface area (Å²) >= 11 is 0. The van der Waals surface area contributed by atoms with Gasteiger partial charge in [-0.25, -0.2) is 0 Å². The molecule has 1 heterocycles. The number of rotatable bonds is 7. The third kappa shape index (κ3) is 5.26. The summed E-state index contributed by atoms with van der Waals surface area (Å²) in [5.74, 6) is 0.323. The normalized spacial score (nSPS) is 10.5. The Hall–Kier alpha value is -3.48. The van der Waals surface area contributed by atoms with Gasteiger partial charge in [-0.3, -0.25) is 4.79 Å². The van der Waals surface area contributed by atoms with E-state index in [9.17, 15) is 4.79 Å². The first kappa shape index (κ1) is 19.3. The van der Waals surface area contributed by atoms with E-state index >= 15 is 0 Å². The summed E-state index contributed by atoms with van der Waals surface area (Å²) in [6.45, 7) is 4.00. The van der Waals surface area contributed by atoms with E-state index in [0.29, 0.717) is 11.8 Å². The zero-order valence-electron chi connectivity index (χ0n) is 16.0. The minimum atomic E-state index is -0.353. The first-order chi connectivity index (χ1) is 13.5. The fourth-order valence-electron chi connectivity index (χ4n) is 2.70. The van der Waals surface area contributed by atoms with Crippen LogP contribution < -0.4 is 11.1 Å². The summed E-state index contributed by atoms with van der Waals surface area (Å²) < 4.78 is 5.29. The van der Waals surface area contributed by atoms with Crippen molar-refractivity contribution in [3.05, 3.63) is 71.0 Å². The lowest BCUT2D eigenvalue weighted by Gasteiger charge is -2.11. The molecule has 0 saturated heterocycles. The van der Waals surface area contributed by atoms with Crippen molar-refractivity contribution in [3.63, 3.8) is 0 Å². The van der Waals surface area contributed by atoms with Crippen LogP contribution in [0.4, 0.5) is 17.6 Å². The molecule has 3 aromatic rings. The van der Waals surface area contributed by atoms with E-state index in [1.165, 1.54) is 0 Å². The average Bonchev–Trinajstić information content (AvgIpc) is 2.68. The molecule has 0 unspecified atom stereocenters. The Bertz CT molecular complexity index is 957. The van der Waals surface area contributed by atoms with Crippen LogP contribution in [0.15, 0.2) is 48.5 Å². The molecule has 0 aliphatic carbocycles. The van der Waals surface area contributed by atoms with E-state index in [4.69, 9.17) is 10.5 Å². The topological polar surface area (TPSA) is 103 Å². The van der Waals surface area contributed by atoms with Crippen LogP contribution in [0, 0.1) is 6.92 Å². The second-order valence-electron chi connectivity index (χ2n) is 6.39. The molecule has 7 nitrogen and oxygen atoms in total. The Kier molecular flexibility index (Phi) is 6.16. The van der Waals surface area contributed by atoms with Crippen molar-refractivity contribution in [1.82, 2.24) is 15.0 Å². The molecule has 7 heteroatoms. The highest BCUT2D eigenvalue weighted by Gasteiger charge is 2.10. The molecular formula is C21H23N5O2. The van der Waals surface area contributed by atoms with Gasteiger partial charge in [0.25, 0.3) is 0 Å². The molecule has 0 aliphatic heterocycles. The number of ether oxygens (including phenoxy) is 1. The Morgan fingerprint density at radius 3 is 2.57 bits per heavy atom. The number of nitrogens with two attached hydrogens (primary N) is 1. The summed E-state index contributed by atoms with van der Waals surface area (Å²) in [5, 5.41) is 3.15. The van der Waals surface area contributed by atoms with Gasteiger partial charge < -0.3 is 15.8 Å². The van der Waals surface area contributed by atoms with Crippen LogP contribution in [-0.4, -0.2) is 20.9 Å². The Labute approximate surface area is 164 Å². The van der Waals surface area contributed by atoms with Crippen molar-refractivity contribution in [2.45, 2.75) is 33.3 Å². The van der Waals surface area contributed by atoms with Gasteiger partial charge in [-0.2, -0.15) is 15.0 Å². The van der Waals surface area contributed by atoms with Crippen molar-refractivity contribution in [1.29, 1.82) is 0 Å². The second-order valence-corrected chi connectivity index (χ2v) is 6.39. The fraction of sp³-hybridized carbons (Fsp3) is 0.238.